The summed E-state index contributed by atoms with van der Waals surface area (Å²) in [4.78, 5) is 16.8. The summed E-state index contributed by atoms with van der Waals surface area (Å²) in [6, 6.07) is 12.9. The number of hydrogen-bond donors (Lipinski definition) is 3. The number of rotatable bonds is 7. The van der Waals surface area contributed by atoms with Gasteiger partial charge in [-0.05, 0) is 61.9 Å². The number of H-pyrrole nitrogens is 1. The summed E-state index contributed by atoms with van der Waals surface area (Å²) in [5, 5.41) is 9.66. The van der Waals surface area contributed by atoms with Gasteiger partial charge in [0.2, 0.25) is 10.0 Å². The van der Waals surface area contributed by atoms with Crippen LogP contribution in [0.1, 0.15) is 29.5 Å². The first-order valence-corrected chi connectivity index (χ1v) is 10.3. The highest BCUT2D eigenvalue weighted by Crippen LogP contribution is 2.19. The van der Waals surface area contributed by atoms with E-state index in [1.54, 1.807) is 12.1 Å². The average molecular weight is 399 g/mol. The van der Waals surface area contributed by atoms with Gasteiger partial charge in [0.15, 0.2) is 5.82 Å². The molecule has 0 bridgehead atoms. The number of aromatic nitrogens is 3. The van der Waals surface area contributed by atoms with E-state index in [1.807, 2.05) is 26.0 Å². The molecule has 2 aromatic carbocycles. The lowest BCUT2D eigenvalue weighted by Crippen LogP contribution is -2.24. The molecule has 3 aromatic rings. The van der Waals surface area contributed by atoms with Crippen LogP contribution in [-0.2, 0) is 10.0 Å². The molecule has 0 saturated heterocycles. The van der Waals surface area contributed by atoms with Gasteiger partial charge in [-0.1, -0.05) is 6.92 Å². The Labute approximate surface area is 163 Å². The number of carbonyl (C=O) groups is 1. The van der Waals surface area contributed by atoms with Crippen LogP contribution in [0.4, 0.5) is 5.69 Å². The summed E-state index contributed by atoms with van der Waals surface area (Å²) in [5.41, 5.74) is 1.81. The second-order valence-corrected chi connectivity index (χ2v) is 7.97. The number of aromatic amines is 1. The van der Waals surface area contributed by atoms with Crippen molar-refractivity contribution in [2.75, 3.05) is 11.9 Å². The van der Waals surface area contributed by atoms with Crippen LogP contribution in [-0.4, -0.2) is 36.1 Å². The van der Waals surface area contributed by atoms with E-state index < -0.39 is 10.0 Å². The predicted octanol–water partition coefficient (Wildman–Crippen LogP) is 2.72. The van der Waals surface area contributed by atoms with Crippen molar-refractivity contribution in [3.05, 3.63) is 59.9 Å². The van der Waals surface area contributed by atoms with Crippen LogP contribution in [0.5, 0.6) is 0 Å². The van der Waals surface area contributed by atoms with Crippen molar-refractivity contribution in [1.29, 1.82) is 0 Å². The van der Waals surface area contributed by atoms with E-state index in [2.05, 4.69) is 25.2 Å². The zero-order valence-corrected chi connectivity index (χ0v) is 16.4. The van der Waals surface area contributed by atoms with E-state index in [9.17, 15) is 13.2 Å². The van der Waals surface area contributed by atoms with Gasteiger partial charge in [0, 0.05) is 23.4 Å². The van der Waals surface area contributed by atoms with Crippen LogP contribution in [0, 0.1) is 6.92 Å². The third-order valence-electron chi connectivity index (χ3n) is 3.97. The zero-order chi connectivity index (χ0) is 20.1. The maximum atomic E-state index is 12.4. The highest BCUT2D eigenvalue weighted by molar-refractivity contribution is 7.89. The van der Waals surface area contributed by atoms with Gasteiger partial charge >= 0.3 is 0 Å². The Kier molecular flexibility index (Phi) is 5.86. The van der Waals surface area contributed by atoms with Crippen molar-refractivity contribution in [2.24, 2.45) is 0 Å². The van der Waals surface area contributed by atoms with E-state index in [4.69, 9.17) is 0 Å². The molecule has 0 atom stereocenters. The fourth-order valence-electron chi connectivity index (χ4n) is 2.48. The molecule has 1 aromatic heterocycles. The number of sulfonamides is 1. The SMILES string of the molecule is CCCNS(=O)(=O)c1ccc(C(=O)Nc2ccc(-c3n[nH]c(C)n3)cc2)cc1. The van der Waals surface area contributed by atoms with E-state index in [-0.39, 0.29) is 10.8 Å². The minimum Gasteiger partial charge on any atom is -0.322 e. The Balaban J connectivity index is 1.67. The van der Waals surface area contributed by atoms with Crippen LogP contribution >= 0.6 is 0 Å². The fourth-order valence-corrected chi connectivity index (χ4v) is 3.62. The van der Waals surface area contributed by atoms with Gasteiger partial charge in [0.25, 0.3) is 5.91 Å². The number of amides is 1. The Morgan fingerprint density at radius 2 is 1.75 bits per heavy atom. The van der Waals surface area contributed by atoms with Crippen molar-refractivity contribution in [3.63, 3.8) is 0 Å². The van der Waals surface area contributed by atoms with Crippen molar-refractivity contribution in [2.45, 2.75) is 25.2 Å². The number of hydrogen-bond acceptors (Lipinski definition) is 5. The highest BCUT2D eigenvalue weighted by Gasteiger charge is 2.14. The largest absolute Gasteiger partial charge is 0.322 e. The molecule has 146 valence electrons. The van der Waals surface area contributed by atoms with E-state index in [0.717, 1.165) is 11.4 Å². The second-order valence-electron chi connectivity index (χ2n) is 6.20. The molecule has 3 N–H and O–H groups in total. The van der Waals surface area contributed by atoms with Gasteiger partial charge in [-0.25, -0.2) is 18.1 Å². The monoisotopic (exact) mass is 399 g/mol. The zero-order valence-electron chi connectivity index (χ0n) is 15.6. The summed E-state index contributed by atoms with van der Waals surface area (Å²) in [6.07, 6.45) is 0.703. The Morgan fingerprint density at radius 1 is 1.07 bits per heavy atom. The molecular weight excluding hydrogens is 378 g/mol. The number of nitrogens with one attached hydrogen (secondary N) is 3. The first-order chi connectivity index (χ1) is 13.4. The summed E-state index contributed by atoms with van der Waals surface area (Å²) in [7, 11) is -3.55. The molecule has 0 saturated carbocycles. The summed E-state index contributed by atoms with van der Waals surface area (Å²) in [5.74, 6) is 0.985. The molecule has 1 amide bonds. The van der Waals surface area contributed by atoms with E-state index in [0.29, 0.717) is 30.0 Å². The maximum Gasteiger partial charge on any atom is 0.255 e. The van der Waals surface area contributed by atoms with Crippen molar-refractivity contribution in [3.8, 4) is 11.4 Å². The molecule has 3 rings (SSSR count). The van der Waals surface area contributed by atoms with Crippen LogP contribution in [0.3, 0.4) is 0 Å². The molecule has 0 aliphatic rings. The first kappa shape index (κ1) is 19.7. The van der Waals surface area contributed by atoms with Crippen LogP contribution in [0.15, 0.2) is 53.4 Å². The lowest BCUT2D eigenvalue weighted by Gasteiger charge is -2.08. The summed E-state index contributed by atoms with van der Waals surface area (Å²) < 4.78 is 26.7. The van der Waals surface area contributed by atoms with Gasteiger partial charge in [-0.15, -0.1) is 0 Å². The number of anilines is 1. The Hall–Kier alpha value is -3.04. The topological polar surface area (TPSA) is 117 Å². The molecule has 0 aliphatic carbocycles. The third-order valence-corrected chi connectivity index (χ3v) is 5.44. The first-order valence-electron chi connectivity index (χ1n) is 8.79. The molecule has 28 heavy (non-hydrogen) atoms. The molecule has 8 nitrogen and oxygen atoms in total. The van der Waals surface area contributed by atoms with E-state index in [1.165, 1.54) is 24.3 Å². The minimum atomic E-state index is -3.55. The smallest absolute Gasteiger partial charge is 0.255 e. The predicted molar refractivity (Wildman–Crippen MR) is 106 cm³/mol. The Bertz CT molecular complexity index is 1060. The lowest BCUT2D eigenvalue weighted by atomic mass is 10.1. The normalized spacial score (nSPS) is 11.4. The molecule has 0 aliphatic heterocycles. The van der Waals surface area contributed by atoms with E-state index >= 15 is 0 Å². The summed E-state index contributed by atoms with van der Waals surface area (Å²) in [6.45, 7) is 4.07. The molecule has 1 heterocycles. The summed E-state index contributed by atoms with van der Waals surface area (Å²) >= 11 is 0. The van der Waals surface area contributed by atoms with Gasteiger partial charge in [-0.2, -0.15) is 5.10 Å². The quantitative estimate of drug-likeness (QED) is 0.565. The van der Waals surface area contributed by atoms with Crippen LogP contribution in [0.25, 0.3) is 11.4 Å². The average Bonchev–Trinajstić information content (AvgIpc) is 3.13. The van der Waals surface area contributed by atoms with Crippen molar-refractivity contribution < 1.29 is 13.2 Å². The van der Waals surface area contributed by atoms with Gasteiger partial charge < -0.3 is 5.32 Å². The second kappa shape index (κ2) is 8.32. The molecular formula is C19H21N5O3S. The Morgan fingerprint density at radius 3 is 2.32 bits per heavy atom. The fraction of sp³-hybridized carbons (Fsp3) is 0.211. The van der Waals surface area contributed by atoms with Gasteiger partial charge in [0.1, 0.15) is 5.82 Å². The molecule has 0 unspecified atom stereocenters. The van der Waals surface area contributed by atoms with Crippen molar-refractivity contribution >= 4 is 21.6 Å². The third kappa shape index (κ3) is 4.62. The standard InChI is InChI=1S/C19H21N5O3S/c1-3-12-20-28(26,27)17-10-6-15(7-11-17)19(25)22-16-8-4-14(5-9-16)18-21-13(2)23-24-18/h4-11,20H,3,12H2,1-2H3,(H,22,25)(H,21,23,24). The van der Waals surface area contributed by atoms with Gasteiger partial charge in [-0.3, -0.25) is 9.89 Å². The lowest BCUT2D eigenvalue weighted by molar-refractivity contribution is 0.102. The number of nitrogens with zero attached hydrogens (tertiary/aromatic N) is 2. The number of carbonyl (C=O) groups excluding carboxylic acids is 1. The van der Waals surface area contributed by atoms with Crippen molar-refractivity contribution in [1.82, 2.24) is 19.9 Å². The van der Waals surface area contributed by atoms with Crippen LogP contribution < -0.4 is 10.0 Å². The van der Waals surface area contributed by atoms with Gasteiger partial charge in [0.05, 0.1) is 4.90 Å². The highest BCUT2D eigenvalue weighted by atomic mass is 32.2. The number of benzene rings is 2. The van der Waals surface area contributed by atoms with Crippen LogP contribution in [0.2, 0.25) is 0 Å². The number of aryl methyl sites for hydroxylation is 1. The minimum absolute atomic E-state index is 0.128. The molecule has 9 heteroatoms. The molecule has 0 fully saturated rings. The maximum absolute atomic E-state index is 12.4. The molecule has 0 spiro atoms. The molecule has 0 radical (unpaired) electrons.